The molecule has 5 heteroatoms. The average molecular weight is 301 g/mol. The highest BCUT2D eigenvalue weighted by atomic mass is 16.6. The number of ether oxygens (including phenoxy) is 1. The van der Waals surface area contributed by atoms with Crippen LogP contribution in [0.3, 0.4) is 0 Å². The quantitative estimate of drug-likeness (QED) is 0.642. The summed E-state index contributed by atoms with van der Waals surface area (Å²) in [5, 5.41) is 20.7. The summed E-state index contributed by atoms with van der Waals surface area (Å²) in [6.07, 6.45) is 4.39. The molecule has 0 aromatic carbocycles. The molecule has 3 atom stereocenters. The van der Waals surface area contributed by atoms with E-state index >= 15 is 0 Å². The minimum absolute atomic E-state index is 0.00494. The zero-order chi connectivity index (χ0) is 15.8. The van der Waals surface area contributed by atoms with Gasteiger partial charge in [-0.05, 0) is 18.3 Å². The van der Waals surface area contributed by atoms with E-state index in [0.29, 0.717) is 12.3 Å². The molecule has 0 aromatic heterocycles. The average Bonchev–Trinajstić information content (AvgIpc) is 2.47. The van der Waals surface area contributed by atoms with Crippen molar-refractivity contribution in [1.82, 2.24) is 0 Å². The molecule has 0 spiro atoms. The van der Waals surface area contributed by atoms with Crippen molar-refractivity contribution in [2.24, 2.45) is 17.6 Å². The standard InChI is InChI=1S/C16H31NO4/c1-3-12(4-2)14(18)15(19)13(21-16(17)20)10-11-8-6-5-7-9-11/h11-15,18-19H,3-10H2,1-2H3,(H2,17,20)/t13-,14-,15+/m0/s1. The topological polar surface area (TPSA) is 92.8 Å². The van der Waals surface area contributed by atoms with E-state index in [-0.39, 0.29) is 5.92 Å². The van der Waals surface area contributed by atoms with E-state index in [2.05, 4.69) is 0 Å². The Hall–Kier alpha value is -0.810. The van der Waals surface area contributed by atoms with Crippen molar-refractivity contribution in [3.05, 3.63) is 0 Å². The van der Waals surface area contributed by atoms with Crippen LogP contribution in [-0.4, -0.2) is 34.6 Å². The first-order valence-corrected chi connectivity index (χ1v) is 8.31. The fourth-order valence-electron chi connectivity index (χ4n) is 3.43. The van der Waals surface area contributed by atoms with E-state index < -0.39 is 24.4 Å². The summed E-state index contributed by atoms with van der Waals surface area (Å²) in [5.74, 6) is 0.442. The van der Waals surface area contributed by atoms with Crippen LogP contribution in [0.1, 0.15) is 65.2 Å². The Kier molecular flexibility index (Phi) is 8.04. The largest absolute Gasteiger partial charge is 0.444 e. The second kappa shape index (κ2) is 9.26. The van der Waals surface area contributed by atoms with Gasteiger partial charge in [-0.3, -0.25) is 0 Å². The Morgan fingerprint density at radius 2 is 1.71 bits per heavy atom. The number of rotatable bonds is 8. The van der Waals surface area contributed by atoms with Crippen LogP contribution < -0.4 is 5.73 Å². The molecule has 5 nitrogen and oxygen atoms in total. The van der Waals surface area contributed by atoms with Crippen molar-refractivity contribution in [2.75, 3.05) is 0 Å². The van der Waals surface area contributed by atoms with Gasteiger partial charge in [0.05, 0.1) is 6.10 Å². The Morgan fingerprint density at radius 1 is 1.14 bits per heavy atom. The molecule has 0 heterocycles. The van der Waals surface area contributed by atoms with E-state index in [0.717, 1.165) is 25.7 Å². The summed E-state index contributed by atoms with van der Waals surface area (Å²) in [6, 6.07) is 0. The monoisotopic (exact) mass is 301 g/mol. The first-order chi connectivity index (χ1) is 9.99. The maximum Gasteiger partial charge on any atom is 0.404 e. The van der Waals surface area contributed by atoms with Gasteiger partial charge in [-0.25, -0.2) is 4.79 Å². The molecule has 1 aliphatic carbocycles. The minimum atomic E-state index is -1.07. The van der Waals surface area contributed by atoms with Crippen LogP contribution in [0.25, 0.3) is 0 Å². The van der Waals surface area contributed by atoms with Gasteiger partial charge in [0, 0.05) is 0 Å². The predicted molar refractivity (Wildman–Crippen MR) is 81.7 cm³/mol. The maximum atomic E-state index is 11.1. The SMILES string of the molecule is CCC(CC)[C@H](O)[C@H](O)[C@H](CC1CCCCC1)OC(N)=O. The molecule has 1 rings (SSSR count). The van der Waals surface area contributed by atoms with Gasteiger partial charge in [0.1, 0.15) is 12.2 Å². The van der Waals surface area contributed by atoms with Crippen LogP contribution in [0.2, 0.25) is 0 Å². The third kappa shape index (κ3) is 5.83. The number of carbonyl (C=O) groups excluding carboxylic acids is 1. The zero-order valence-corrected chi connectivity index (χ0v) is 13.3. The Labute approximate surface area is 127 Å². The van der Waals surface area contributed by atoms with Gasteiger partial charge in [-0.15, -0.1) is 0 Å². The maximum absolute atomic E-state index is 11.1. The van der Waals surface area contributed by atoms with Crippen molar-refractivity contribution >= 4 is 6.09 Å². The third-order valence-electron chi connectivity index (χ3n) is 4.82. The number of aliphatic hydroxyl groups excluding tert-OH is 2. The fraction of sp³-hybridized carbons (Fsp3) is 0.938. The van der Waals surface area contributed by atoms with Gasteiger partial charge < -0.3 is 20.7 Å². The van der Waals surface area contributed by atoms with Crippen molar-refractivity contribution in [3.63, 3.8) is 0 Å². The highest BCUT2D eigenvalue weighted by molar-refractivity contribution is 5.64. The smallest absolute Gasteiger partial charge is 0.404 e. The molecular formula is C16H31NO4. The number of primary amides is 1. The fourth-order valence-corrected chi connectivity index (χ4v) is 3.43. The molecule has 0 unspecified atom stereocenters. The van der Waals surface area contributed by atoms with Crippen molar-refractivity contribution in [1.29, 1.82) is 0 Å². The van der Waals surface area contributed by atoms with Crippen LogP contribution >= 0.6 is 0 Å². The van der Waals surface area contributed by atoms with Crippen molar-refractivity contribution < 1.29 is 19.7 Å². The summed E-state index contributed by atoms with van der Waals surface area (Å²) in [6.45, 7) is 3.96. The summed E-state index contributed by atoms with van der Waals surface area (Å²) < 4.78 is 5.10. The lowest BCUT2D eigenvalue weighted by atomic mass is 9.82. The predicted octanol–water partition coefficient (Wildman–Crippen LogP) is 2.58. The Bertz CT molecular complexity index is 301. The molecule has 0 aliphatic heterocycles. The highest BCUT2D eigenvalue weighted by Gasteiger charge is 2.34. The Morgan fingerprint density at radius 3 is 2.19 bits per heavy atom. The molecule has 1 fully saturated rings. The van der Waals surface area contributed by atoms with Crippen molar-refractivity contribution in [2.45, 2.75) is 83.5 Å². The van der Waals surface area contributed by atoms with Gasteiger partial charge in [0.25, 0.3) is 0 Å². The lowest BCUT2D eigenvalue weighted by Crippen LogP contribution is -2.45. The number of amides is 1. The molecule has 1 saturated carbocycles. The lowest BCUT2D eigenvalue weighted by Gasteiger charge is -2.33. The number of hydrogen-bond acceptors (Lipinski definition) is 4. The third-order valence-corrected chi connectivity index (χ3v) is 4.82. The molecular weight excluding hydrogens is 270 g/mol. The second-order valence-corrected chi connectivity index (χ2v) is 6.27. The zero-order valence-electron chi connectivity index (χ0n) is 13.3. The summed E-state index contributed by atoms with van der Waals surface area (Å²) in [5.41, 5.74) is 5.12. The van der Waals surface area contributed by atoms with Crippen LogP contribution in [0, 0.1) is 11.8 Å². The van der Waals surface area contributed by atoms with Gasteiger partial charge in [-0.1, -0.05) is 58.8 Å². The van der Waals surface area contributed by atoms with E-state index in [1.165, 1.54) is 19.3 Å². The van der Waals surface area contributed by atoms with Gasteiger partial charge in [-0.2, -0.15) is 0 Å². The molecule has 21 heavy (non-hydrogen) atoms. The van der Waals surface area contributed by atoms with Gasteiger partial charge in [0.15, 0.2) is 0 Å². The molecule has 0 aromatic rings. The van der Waals surface area contributed by atoms with Gasteiger partial charge >= 0.3 is 6.09 Å². The van der Waals surface area contributed by atoms with Crippen LogP contribution in [0.4, 0.5) is 4.79 Å². The number of hydrogen-bond donors (Lipinski definition) is 3. The normalized spacial score (nSPS) is 21.0. The number of aliphatic hydroxyl groups is 2. The molecule has 124 valence electrons. The molecule has 0 saturated heterocycles. The first-order valence-electron chi connectivity index (χ1n) is 8.31. The number of carbonyl (C=O) groups is 1. The lowest BCUT2D eigenvalue weighted by molar-refractivity contribution is -0.0909. The Balaban J connectivity index is 2.67. The van der Waals surface area contributed by atoms with Crippen LogP contribution in [0.5, 0.6) is 0 Å². The second-order valence-electron chi connectivity index (χ2n) is 6.27. The molecule has 4 N–H and O–H groups in total. The molecule has 0 bridgehead atoms. The van der Waals surface area contributed by atoms with E-state index in [4.69, 9.17) is 10.5 Å². The van der Waals surface area contributed by atoms with E-state index in [1.807, 2.05) is 13.8 Å². The molecule has 1 amide bonds. The first kappa shape index (κ1) is 18.2. The van der Waals surface area contributed by atoms with Crippen LogP contribution in [0.15, 0.2) is 0 Å². The van der Waals surface area contributed by atoms with Crippen molar-refractivity contribution in [3.8, 4) is 0 Å². The number of nitrogens with two attached hydrogens (primary N) is 1. The molecule has 1 aliphatic rings. The highest BCUT2D eigenvalue weighted by Crippen LogP contribution is 2.30. The van der Waals surface area contributed by atoms with E-state index in [1.54, 1.807) is 0 Å². The summed E-state index contributed by atoms with van der Waals surface area (Å²) in [4.78, 5) is 11.1. The summed E-state index contributed by atoms with van der Waals surface area (Å²) in [7, 11) is 0. The van der Waals surface area contributed by atoms with Gasteiger partial charge in [0.2, 0.25) is 0 Å². The molecule has 0 radical (unpaired) electrons. The van der Waals surface area contributed by atoms with Crippen LogP contribution in [-0.2, 0) is 4.74 Å². The minimum Gasteiger partial charge on any atom is -0.444 e. The summed E-state index contributed by atoms with van der Waals surface area (Å²) >= 11 is 0. The van der Waals surface area contributed by atoms with E-state index in [9.17, 15) is 15.0 Å².